The molecule has 1 heterocycles. The molecule has 0 aromatic rings. The van der Waals surface area contributed by atoms with Gasteiger partial charge in [0.25, 0.3) is 0 Å². The van der Waals surface area contributed by atoms with E-state index in [1.165, 1.54) is 90.3 Å². The number of nitrogens with one attached hydrogen (secondary N) is 1. The highest BCUT2D eigenvalue weighted by molar-refractivity contribution is 5.04. The Hall–Kier alpha value is -0.0800. The first-order chi connectivity index (χ1) is 9.86. The summed E-state index contributed by atoms with van der Waals surface area (Å²) in [6.07, 6.45) is 16.3. The van der Waals surface area contributed by atoms with Gasteiger partial charge in [-0.2, -0.15) is 0 Å². The van der Waals surface area contributed by atoms with Crippen molar-refractivity contribution < 1.29 is 0 Å². The summed E-state index contributed by atoms with van der Waals surface area (Å²) in [6, 6.07) is 0.823. The van der Waals surface area contributed by atoms with Crippen LogP contribution in [0.3, 0.4) is 0 Å². The number of hydrogen-bond donors (Lipinski definition) is 1. The number of piperazine rings is 1. The van der Waals surface area contributed by atoms with E-state index in [1.54, 1.807) is 0 Å². The molecular weight excluding hydrogens is 244 g/mol. The molecular formula is C18H32N2. The lowest BCUT2D eigenvalue weighted by molar-refractivity contribution is -0.00415. The summed E-state index contributed by atoms with van der Waals surface area (Å²) in [4.78, 5) is 2.99. The van der Waals surface area contributed by atoms with E-state index in [9.17, 15) is 0 Å². The Labute approximate surface area is 124 Å². The smallest absolute Gasteiger partial charge is 0.0334 e. The summed E-state index contributed by atoms with van der Waals surface area (Å²) >= 11 is 0. The van der Waals surface area contributed by atoms with Crippen LogP contribution in [0.2, 0.25) is 0 Å². The van der Waals surface area contributed by atoms with E-state index in [-0.39, 0.29) is 0 Å². The first-order valence-corrected chi connectivity index (χ1v) is 9.34. The van der Waals surface area contributed by atoms with Crippen molar-refractivity contribution in [2.45, 2.75) is 82.2 Å². The Morgan fingerprint density at radius 3 is 2.35 bits per heavy atom. The fraction of sp³-hybridized carbons (Fsp3) is 1.00. The second-order valence-corrected chi connectivity index (χ2v) is 8.17. The SMILES string of the molecule is C1CCC2(CC1)CNC(C1CC1)CN2CC1CCCC1. The maximum atomic E-state index is 3.95. The van der Waals surface area contributed by atoms with E-state index in [0.29, 0.717) is 5.54 Å². The van der Waals surface area contributed by atoms with Crippen molar-refractivity contribution in [2.24, 2.45) is 11.8 Å². The number of hydrogen-bond acceptors (Lipinski definition) is 2. The zero-order chi connectivity index (χ0) is 13.4. The largest absolute Gasteiger partial charge is 0.311 e. The summed E-state index contributed by atoms with van der Waals surface area (Å²) in [6.45, 7) is 4.08. The van der Waals surface area contributed by atoms with Gasteiger partial charge in [0.05, 0.1) is 0 Å². The summed E-state index contributed by atoms with van der Waals surface area (Å²) in [5.41, 5.74) is 0.548. The third kappa shape index (κ3) is 2.66. The molecule has 114 valence electrons. The number of nitrogens with zero attached hydrogens (tertiary/aromatic N) is 1. The average molecular weight is 276 g/mol. The molecule has 2 nitrogen and oxygen atoms in total. The van der Waals surface area contributed by atoms with Crippen LogP contribution in [-0.4, -0.2) is 36.1 Å². The predicted molar refractivity (Wildman–Crippen MR) is 83.9 cm³/mol. The van der Waals surface area contributed by atoms with E-state index < -0.39 is 0 Å². The Bertz CT molecular complexity index is 322. The Morgan fingerprint density at radius 1 is 0.900 bits per heavy atom. The molecule has 20 heavy (non-hydrogen) atoms. The highest BCUT2D eigenvalue weighted by Gasteiger charge is 2.45. The van der Waals surface area contributed by atoms with Crippen LogP contribution in [0.4, 0.5) is 0 Å². The maximum Gasteiger partial charge on any atom is 0.0334 e. The zero-order valence-electron chi connectivity index (χ0n) is 13.1. The summed E-state index contributed by atoms with van der Waals surface area (Å²) in [5, 5.41) is 3.95. The van der Waals surface area contributed by atoms with Crippen LogP contribution >= 0.6 is 0 Å². The molecule has 3 saturated carbocycles. The standard InChI is InChI=1S/C18H32N2/c1-4-10-18(11-5-1)14-19-17(16-8-9-16)13-20(18)12-15-6-2-3-7-15/h15-17,19H,1-14H2. The van der Waals surface area contributed by atoms with Gasteiger partial charge in [-0.1, -0.05) is 32.1 Å². The number of rotatable bonds is 3. The van der Waals surface area contributed by atoms with Gasteiger partial charge in [-0.3, -0.25) is 4.90 Å². The molecule has 0 radical (unpaired) electrons. The van der Waals surface area contributed by atoms with Crippen LogP contribution in [-0.2, 0) is 0 Å². The average Bonchev–Trinajstić information content (AvgIpc) is 3.20. The van der Waals surface area contributed by atoms with E-state index in [4.69, 9.17) is 0 Å². The van der Waals surface area contributed by atoms with E-state index in [1.807, 2.05) is 0 Å². The molecule has 4 aliphatic rings. The molecule has 1 unspecified atom stereocenters. The van der Waals surface area contributed by atoms with Crippen molar-refractivity contribution in [2.75, 3.05) is 19.6 Å². The molecule has 2 heteroatoms. The van der Waals surface area contributed by atoms with Gasteiger partial charge in [0.15, 0.2) is 0 Å². The van der Waals surface area contributed by atoms with Gasteiger partial charge in [-0.15, -0.1) is 0 Å². The highest BCUT2D eigenvalue weighted by Crippen LogP contribution is 2.41. The van der Waals surface area contributed by atoms with Gasteiger partial charge < -0.3 is 5.32 Å². The maximum absolute atomic E-state index is 3.95. The van der Waals surface area contributed by atoms with Crippen molar-refractivity contribution in [3.05, 3.63) is 0 Å². The molecule has 4 fully saturated rings. The van der Waals surface area contributed by atoms with Gasteiger partial charge in [-0.25, -0.2) is 0 Å². The summed E-state index contributed by atoms with van der Waals surface area (Å²) in [7, 11) is 0. The fourth-order valence-corrected chi connectivity index (χ4v) is 5.22. The molecule has 0 bridgehead atoms. The molecule has 0 aromatic carbocycles. The van der Waals surface area contributed by atoms with Gasteiger partial charge in [0.2, 0.25) is 0 Å². The first-order valence-electron chi connectivity index (χ1n) is 9.34. The minimum absolute atomic E-state index is 0.548. The lowest BCUT2D eigenvalue weighted by Crippen LogP contribution is -2.66. The molecule has 1 spiro atoms. The van der Waals surface area contributed by atoms with Crippen molar-refractivity contribution >= 4 is 0 Å². The zero-order valence-corrected chi connectivity index (χ0v) is 13.1. The third-order valence-corrected chi connectivity index (χ3v) is 6.71. The highest BCUT2D eigenvalue weighted by atomic mass is 15.3. The van der Waals surface area contributed by atoms with Crippen molar-refractivity contribution in [1.29, 1.82) is 0 Å². The van der Waals surface area contributed by atoms with Crippen LogP contribution in [0, 0.1) is 11.8 Å². The monoisotopic (exact) mass is 276 g/mol. The van der Waals surface area contributed by atoms with Crippen LogP contribution in [0.15, 0.2) is 0 Å². The summed E-state index contributed by atoms with van der Waals surface area (Å²) in [5.74, 6) is 2.04. The Kier molecular flexibility index (Phi) is 3.80. The van der Waals surface area contributed by atoms with Crippen molar-refractivity contribution in [1.82, 2.24) is 10.2 Å². The van der Waals surface area contributed by atoms with Crippen LogP contribution in [0.25, 0.3) is 0 Å². The molecule has 1 aliphatic heterocycles. The predicted octanol–water partition coefficient (Wildman–Crippen LogP) is 3.56. The fourth-order valence-electron chi connectivity index (χ4n) is 5.22. The van der Waals surface area contributed by atoms with Crippen LogP contribution < -0.4 is 5.32 Å². The van der Waals surface area contributed by atoms with E-state index in [0.717, 1.165) is 17.9 Å². The lowest BCUT2D eigenvalue weighted by Gasteiger charge is -2.53. The molecule has 4 rings (SSSR count). The van der Waals surface area contributed by atoms with Gasteiger partial charge in [-0.05, 0) is 50.4 Å². The van der Waals surface area contributed by atoms with Crippen LogP contribution in [0.5, 0.6) is 0 Å². The Morgan fingerprint density at radius 2 is 1.65 bits per heavy atom. The summed E-state index contributed by atoms with van der Waals surface area (Å²) < 4.78 is 0. The topological polar surface area (TPSA) is 15.3 Å². The molecule has 3 aliphatic carbocycles. The minimum Gasteiger partial charge on any atom is -0.311 e. The second-order valence-electron chi connectivity index (χ2n) is 8.17. The molecule has 1 saturated heterocycles. The quantitative estimate of drug-likeness (QED) is 0.848. The Balaban J connectivity index is 1.47. The van der Waals surface area contributed by atoms with E-state index >= 15 is 0 Å². The first kappa shape index (κ1) is 13.6. The van der Waals surface area contributed by atoms with Gasteiger partial charge >= 0.3 is 0 Å². The van der Waals surface area contributed by atoms with Crippen molar-refractivity contribution in [3.8, 4) is 0 Å². The van der Waals surface area contributed by atoms with E-state index in [2.05, 4.69) is 10.2 Å². The van der Waals surface area contributed by atoms with Crippen molar-refractivity contribution in [3.63, 3.8) is 0 Å². The molecule has 0 amide bonds. The normalized spacial score (nSPS) is 35.7. The van der Waals surface area contributed by atoms with Crippen LogP contribution in [0.1, 0.15) is 70.6 Å². The molecule has 0 aromatic heterocycles. The lowest BCUT2D eigenvalue weighted by atomic mass is 9.77. The third-order valence-electron chi connectivity index (χ3n) is 6.71. The second kappa shape index (κ2) is 5.61. The minimum atomic E-state index is 0.548. The molecule has 1 atom stereocenters. The van der Waals surface area contributed by atoms with Gasteiger partial charge in [0.1, 0.15) is 0 Å². The van der Waals surface area contributed by atoms with Gasteiger partial charge in [0, 0.05) is 31.2 Å². The molecule has 1 N–H and O–H groups in total.